The summed E-state index contributed by atoms with van der Waals surface area (Å²) in [6.45, 7) is 0.736. The maximum atomic E-state index is 11.2. The zero-order valence-corrected chi connectivity index (χ0v) is 7.86. The SMILES string of the molecule is Nc1ccnc([C@@H]2CCNC(=O)C2)c1. The van der Waals surface area contributed by atoms with Crippen molar-refractivity contribution in [2.75, 3.05) is 12.3 Å². The second kappa shape index (κ2) is 3.65. The molecule has 0 saturated carbocycles. The molecule has 1 aromatic heterocycles. The maximum absolute atomic E-state index is 11.2. The average Bonchev–Trinajstić information content (AvgIpc) is 2.18. The van der Waals surface area contributed by atoms with Gasteiger partial charge in [0.2, 0.25) is 5.91 Å². The van der Waals surface area contributed by atoms with Crippen LogP contribution in [0.1, 0.15) is 24.5 Å². The standard InChI is InChI=1S/C10H13N3O/c11-8-2-4-12-9(6-8)7-1-3-13-10(14)5-7/h2,4,6-7H,1,3,5H2,(H2,11,12)(H,13,14)/t7-/m1/s1. The van der Waals surface area contributed by atoms with Gasteiger partial charge in [-0.3, -0.25) is 9.78 Å². The number of rotatable bonds is 1. The molecule has 14 heavy (non-hydrogen) atoms. The maximum Gasteiger partial charge on any atom is 0.220 e. The number of hydrogen-bond acceptors (Lipinski definition) is 3. The molecule has 4 heteroatoms. The van der Waals surface area contributed by atoms with Crippen LogP contribution in [0.4, 0.5) is 5.69 Å². The topological polar surface area (TPSA) is 68.0 Å². The summed E-state index contributed by atoms with van der Waals surface area (Å²) < 4.78 is 0. The van der Waals surface area contributed by atoms with E-state index in [2.05, 4.69) is 10.3 Å². The Labute approximate surface area is 82.5 Å². The number of amides is 1. The Bertz CT molecular complexity index is 351. The van der Waals surface area contributed by atoms with Gasteiger partial charge in [0.15, 0.2) is 0 Å². The Morgan fingerprint density at radius 2 is 2.43 bits per heavy atom. The number of piperidine rings is 1. The molecule has 0 aromatic carbocycles. The summed E-state index contributed by atoms with van der Waals surface area (Å²) in [6, 6.07) is 3.61. The van der Waals surface area contributed by atoms with Gasteiger partial charge in [-0.2, -0.15) is 0 Å². The zero-order valence-electron chi connectivity index (χ0n) is 7.86. The summed E-state index contributed by atoms with van der Waals surface area (Å²) >= 11 is 0. The number of carbonyl (C=O) groups is 1. The molecule has 1 atom stereocenters. The van der Waals surface area contributed by atoms with Crippen molar-refractivity contribution in [3.05, 3.63) is 24.0 Å². The quantitative estimate of drug-likeness (QED) is 0.685. The summed E-state index contributed by atoms with van der Waals surface area (Å²) in [5.74, 6) is 0.331. The molecule has 1 aromatic rings. The van der Waals surface area contributed by atoms with Crippen molar-refractivity contribution in [2.45, 2.75) is 18.8 Å². The van der Waals surface area contributed by atoms with Crippen LogP contribution < -0.4 is 11.1 Å². The number of carbonyl (C=O) groups excluding carboxylic acids is 1. The molecule has 1 aliphatic rings. The van der Waals surface area contributed by atoms with Crippen LogP contribution >= 0.6 is 0 Å². The van der Waals surface area contributed by atoms with Crippen LogP contribution in [-0.2, 0) is 4.79 Å². The molecule has 1 saturated heterocycles. The minimum Gasteiger partial charge on any atom is -0.399 e. The highest BCUT2D eigenvalue weighted by molar-refractivity contribution is 5.77. The summed E-state index contributed by atoms with van der Waals surface area (Å²) in [5.41, 5.74) is 7.30. The minimum absolute atomic E-state index is 0.102. The first-order valence-electron chi connectivity index (χ1n) is 4.74. The van der Waals surface area contributed by atoms with Crippen molar-refractivity contribution in [3.8, 4) is 0 Å². The fourth-order valence-corrected chi connectivity index (χ4v) is 1.73. The highest BCUT2D eigenvalue weighted by Gasteiger charge is 2.21. The van der Waals surface area contributed by atoms with Crippen LogP contribution in [0.15, 0.2) is 18.3 Å². The lowest BCUT2D eigenvalue weighted by Crippen LogP contribution is -2.32. The molecular formula is C10H13N3O. The molecule has 2 heterocycles. The number of hydrogen-bond donors (Lipinski definition) is 2. The molecule has 1 amide bonds. The molecular weight excluding hydrogens is 178 g/mol. The molecule has 2 rings (SSSR count). The van der Waals surface area contributed by atoms with Crippen LogP contribution in [0, 0.1) is 0 Å². The molecule has 0 spiro atoms. The van der Waals surface area contributed by atoms with E-state index in [1.807, 2.05) is 6.07 Å². The van der Waals surface area contributed by atoms with Gasteiger partial charge in [-0.05, 0) is 18.6 Å². The van der Waals surface area contributed by atoms with E-state index in [0.29, 0.717) is 12.1 Å². The number of aromatic nitrogens is 1. The second-order valence-electron chi connectivity index (χ2n) is 3.55. The molecule has 3 N–H and O–H groups in total. The fraction of sp³-hybridized carbons (Fsp3) is 0.400. The molecule has 1 fully saturated rings. The Kier molecular flexibility index (Phi) is 2.35. The van der Waals surface area contributed by atoms with E-state index in [4.69, 9.17) is 5.73 Å². The molecule has 0 unspecified atom stereocenters. The molecule has 1 aliphatic heterocycles. The van der Waals surface area contributed by atoms with Gasteiger partial charge in [0.25, 0.3) is 0 Å². The van der Waals surface area contributed by atoms with E-state index in [1.165, 1.54) is 0 Å². The summed E-state index contributed by atoms with van der Waals surface area (Å²) in [4.78, 5) is 15.4. The normalized spacial score (nSPS) is 21.7. The number of nitrogens with two attached hydrogens (primary N) is 1. The largest absolute Gasteiger partial charge is 0.399 e. The fourth-order valence-electron chi connectivity index (χ4n) is 1.73. The smallest absolute Gasteiger partial charge is 0.220 e. The highest BCUT2D eigenvalue weighted by atomic mass is 16.1. The average molecular weight is 191 g/mol. The van der Waals surface area contributed by atoms with Gasteiger partial charge in [-0.1, -0.05) is 0 Å². The summed E-state index contributed by atoms with van der Waals surface area (Å²) in [6.07, 6.45) is 3.16. The van der Waals surface area contributed by atoms with E-state index in [9.17, 15) is 4.79 Å². The lowest BCUT2D eigenvalue weighted by molar-refractivity contribution is -0.122. The van der Waals surface area contributed by atoms with Crippen LogP contribution in [0.5, 0.6) is 0 Å². The van der Waals surface area contributed by atoms with E-state index >= 15 is 0 Å². The lowest BCUT2D eigenvalue weighted by Gasteiger charge is -2.21. The van der Waals surface area contributed by atoms with Gasteiger partial charge >= 0.3 is 0 Å². The first kappa shape index (κ1) is 8.99. The van der Waals surface area contributed by atoms with Crippen molar-refractivity contribution in [2.24, 2.45) is 0 Å². The lowest BCUT2D eigenvalue weighted by atomic mass is 9.93. The van der Waals surface area contributed by atoms with Crippen molar-refractivity contribution in [3.63, 3.8) is 0 Å². The van der Waals surface area contributed by atoms with Crippen molar-refractivity contribution in [1.82, 2.24) is 10.3 Å². The monoisotopic (exact) mass is 191 g/mol. The Morgan fingerprint density at radius 3 is 3.14 bits per heavy atom. The third-order valence-electron chi connectivity index (χ3n) is 2.47. The van der Waals surface area contributed by atoms with Crippen molar-refractivity contribution in [1.29, 1.82) is 0 Å². The van der Waals surface area contributed by atoms with Gasteiger partial charge in [0.1, 0.15) is 0 Å². The van der Waals surface area contributed by atoms with Gasteiger partial charge in [0.05, 0.1) is 0 Å². The minimum atomic E-state index is 0.102. The highest BCUT2D eigenvalue weighted by Crippen LogP contribution is 2.24. The van der Waals surface area contributed by atoms with Crippen LogP contribution in [0.3, 0.4) is 0 Å². The number of nitrogen functional groups attached to an aromatic ring is 1. The Balaban J connectivity index is 2.17. The molecule has 0 radical (unpaired) electrons. The predicted molar refractivity (Wildman–Crippen MR) is 53.6 cm³/mol. The Morgan fingerprint density at radius 1 is 1.57 bits per heavy atom. The van der Waals surface area contributed by atoms with E-state index in [1.54, 1.807) is 12.3 Å². The molecule has 0 aliphatic carbocycles. The number of nitrogens with zero attached hydrogens (tertiary/aromatic N) is 1. The molecule has 0 bridgehead atoms. The third-order valence-corrected chi connectivity index (χ3v) is 2.47. The Hall–Kier alpha value is -1.58. The van der Waals surface area contributed by atoms with Gasteiger partial charge in [0, 0.05) is 36.5 Å². The first-order valence-corrected chi connectivity index (χ1v) is 4.74. The van der Waals surface area contributed by atoms with Crippen LogP contribution in [0.2, 0.25) is 0 Å². The number of nitrogens with one attached hydrogen (secondary N) is 1. The third kappa shape index (κ3) is 1.84. The van der Waals surface area contributed by atoms with Gasteiger partial charge < -0.3 is 11.1 Å². The second-order valence-corrected chi connectivity index (χ2v) is 3.55. The first-order chi connectivity index (χ1) is 6.75. The summed E-state index contributed by atoms with van der Waals surface area (Å²) in [5, 5.41) is 2.80. The van der Waals surface area contributed by atoms with Gasteiger partial charge in [-0.25, -0.2) is 0 Å². The zero-order chi connectivity index (χ0) is 9.97. The van der Waals surface area contributed by atoms with Crippen molar-refractivity contribution >= 4 is 11.6 Å². The van der Waals surface area contributed by atoms with Gasteiger partial charge in [-0.15, -0.1) is 0 Å². The molecule has 4 nitrogen and oxygen atoms in total. The van der Waals surface area contributed by atoms with E-state index in [0.717, 1.165) is 18.7 Å². The predicted octanol–water partition coefficient (Wildman–Crippen LogP) is 0.657. The summed E-state index contributed by atoms with van der Waals surface area (Å²) in [7, 11) is 0. The van der Waals surface area contributed by atoms with Crippen LogP contribution in [-0.4, -0.2) is 17.4 Å². The van der Waals surface area contributed by atoms with E-state index in [-0.39, 0.29) is 11.8 Å². The number of anilines is 1. The van der Waals surface area contributed by atoms with Crippen molar-refractivity contribution < 1.29 is 4.79 Å². The van der Waals surface area contributed by atoms with Crippen LogP contribution in [0.25, 0.3) is 0 Å². The number of pyridine rings is 1. The molecule has 74 valence electrons. The van der Waals surface area contributed by atoms with E-state index < -0.39 is 0 Å².